The van der Waals surface area contributed by atoms with Gasteiger partial charge >= 0.3 is 0 Å². The second kappa shape index (κ2) is 7.79. The maximum Gasteiger partial charge on any atom is 0.276 e. The molecular formula is C16H17N3O4. The first-order valence-corrected chi connectivity index (χ1v) is 7.09. The van der Waals surface area contributed by atoms with E-state index in [0.29, 0.717) is 5.75 Å². The van der Waals surface area contributed by atoms with Crippen molar-refractivity contribution in [3.8, 4) is 5.75 Å². The lowest BCUT2D eigenvalue weighted by molar-refractivity contribution is -0.123. The van der Waals surface area contributed by atoms with Crippen LogP contribution in [-0.2, 0) is 11.2 Å². The van der Waals surface area contributed by atoms with Crippen LogP contribution >= 0.6 is 0 Å². The van der Waals surface area contributed by atoms with Gasteiger partial charge in [-0.15, -0.1) is 0 Å². The highest BCUT2D eigenvalue weighted by Crippen LogP contribution is 2.17. The first kappa shape index (κ1) is 16.3. The fourth-order valence-corrected chi connectivity index (χ4v) is 1.91. The fourth-order valence-electron chi connectivity index (χ4n) is 1.91. The standard InChI is InChI=1S/C16H17N3O4/c1-2-11-6-3-4-8-13(11)23-10-14(20)18-19-16(22)12-7-5-9-17-15(12)21/h3-9H,2,10H2,1H3,(H,17,21)(H,18,20)(H,19,22). The molecule has 0 saturated heterocycles. The zero-order valence-electron chi connectivity index (χ0n) is 12.6. The van der Waals surface area contributed by atoms with Crippen LogP contribution < -0.4 is 21.1 Å². The number of hydrazine groups is 1. The van der Waals surface area contributed by atoms with E-state index in [1.165, 1.54) is 18.3 Å². The molecule has 3 N–H and O–H groups in total. The summed E-state index contributed by atoms with van der Waals surface area (Å²) in [7, 11) is 0. The summed E-state index contributed by atoms with van der Waals surface area (Å²) in [5, 5.41) is 0. The van der Waals surface area contributed by atoms with Crippen LogP contribution in [0.5, 0.6) is 5.75 Å². The van der Waals surface area contributed by atoms with Crippen LogP contribution in [0.3, 0.4) is 0 Å². The Morgan fingerprint density at radius 3 is 2.65 bits per heavy atom. The van der Waals surface area contributed by atoms with Crippen LogP contribution in [0, 0.1) is 0 Å². The molecule has 1 heterocycles. The molecule has 0 saturated carbocycles. The minimum Gasteiger partial charge on any atom is -0.483 e. The summed E-state index contributed by atoms with van der Waals surface area (Å²) >= 11 is 0. The normalized spacial score (nSPS) is 9.96. The van der Waals surface area contributed by atoms with Crippen molar-refractivity contribution in [2.75, 3.05) is 6.61 Å². The van der Waals surface area contributed by atoms with E-state index >= 15 is 0 Å². The summed E-state index contributed by atoms with van der Waals surface area (Å²) in [6.45, 7) is 1.74. The minimum atomic E-state index is -0.700. The van der Waals surface area contributed by atoms with Crippen molar-refractivity contribution in [2.45, 2.75) is 13.3 Å². The molecule has 0 aliphatic heterocycles. The Morgan fingerprint density at radius 2 is 1.91 bits per heavy atom. The van der Waals surface area contributed by atoms with E-state index in [2.05, 4.69) is 15.8 Å². The molecule has 0 atom stereocenters. The Morgan fingerprint density at radius 1 is 1.13 bits per heavy atom. The number of amides is 2. The van der Waals surface area contributed by atoms with Gasteiger partial charge in [-0.2, -0.15) is 0 Å². The van der Waals surface area contributed by atoms with Crippen LogP contribution in [0.1, 0.15) is 22.8 Å². The Balaban J connectivity index is 1.85. The third-order valence-electron chi connectivity index (χ3n) is 3.09. The Bertz CT molecular complexity index is 755. The average molecular weight is 315 g/mol. The molecule has 1 aromatic carbocycles. The lowest BCUT2D eigenvalue weighted by Crippen LogP contribution is -2.45. The number of hydrogen-bond donors (Lipinski definition) is 3. The highest BCUT2D eigenvalue weighted by molar-refractivity contribution is 5.95. The van der Waals surface area contributed by atoms with E-state index in [4.69, 9.17) is 4.74 Å². The van der Waals surface area contributed by atoms with Gasteiger partial charge in [-0.1, -0.05) is 25.1 Å². The molecular weight excluding hydrogens is 298 g/mol. The molecule has 23 heavy (non-hydrogen) atoms. The highest BCUT2D eigenvalue weighted by Gasteiger charge is 2.11. The molecule has 1 aromatic heterocycles. The molecule has 7 heteroatoms. The molecule has 120 valence electrons. The van der Waals surface area contributed by atoms with Crippen LogP contribution in [0.2, 0.25) is 0 Å². The van der Waals surface area contributed by atoms with Gasteiger partial charge in [-0.05, 0) is 30.2 Å². The fraction of sp³-hybridized carbons (Fsp3) is 0.188. The zero-order valence-corrected chi connectivity index (χ0v) is 12.6. The van der Waals surface area contributed by atoms with Crippen molar-refractivity contribution in [1.29, 1.82) is 0 Å². The van der Waals surface area contributed by atoms with Crippen LogP contribution in [0.4, 0.5) is 0 Å². The quantitative estimate of drug-likeness (QED) is 0.710. The summed E-state index contributed by atoms with van der Waals surface area (Å²) in [4.78, 5) is 37.3. The van der Waals surface area contributed by atoms with E-state index in [-0.39, 0.29) is 12.2 Å². The van der Waals surface area contributed by atoms with Crippen LogP contribution in [0.25, 0.3) is 0 Å². The monoisotopic (exact) mass is 315 g/mol. The number of rotatable bonds is 5. The first-order chi connectivity index (χ1) is 11.1. The molecule has 2 rings (SSSR count). The molecule has 2 amide bonds. The molecule has 0 spiro atoms. The topological polar surface area (TPSA) is 100 Å². The summed E-state index contributed by atoms with van der Waals surface area (Å²) in [6.07, 6.45) is 2.20. The summed E-state index contributed by atoms with van der Waals surface area (Å²) in [5.74, 6) is -0.609. The van der Waals surface area contributed by atoms with Gasteiger partial charge in [0.25, 0.3) is 17.4 Å². The van der Waals surface area contributed by atoms with Crippen molar-refractivity contribution >= 4 is 11.8 Å². The third-order valence-corrected chi connectivity index (χ3v) is 3.09. The highest BCUT2D eigenvalue weighted by atomic mass is 16.5. The number of aromatic nitrogens is 1. The second-order valence-electron chi connectivity index (χ2n) is 4.67. The van der Waals surface area contributed by atoms with Crippen molar-refractivity contribution in [1.82, 2.24) is 15.8 Å². The van der Waals surface area contributed by atoms with Crippen LogP contribution in [-0.4, -0.2) is 23.4 Å². The van der Waals surface area contributed by atoms with Gasteiger partial charge in [0.05, 0.1) is 0 Å². The predicted octanol–water partition coefficient (Wildman–Crippen LogP) is 0.777. The average Bonchev–Trinajstić information content (AvgIpc) is 2.58. The maximum atomic E-state index is 11.8. The van der Waals surface area contributed by atoms with Crippen molar-refractivity contribution in [3.63, 3.8) is 0 Å². The Hall–Kier alpha value is -3.09. The van der Waals surface area contributed by atoms with E-state index in [1.54, 1.807) is 6.07 Å². The van der Waals surface area contributed by atoms with E-state index in [0.717, 1.165) is 12.0 Å². The Labute approximate surface area is 132 Å². The maximum absolute atomic E-state index is 11.8. The second-order valence-corrected chi connectivity index (χ2v) is 4.67. The predicted molar refractivity (Wildman–Crippen MR) is 84.0 cm³/mol. The van der Waals surface area contributed by atoms with Gasteiger partial charge < -0.3 is 9.72 Å². The van der Waals surface area contributed by atoms with Gasteiger partial charge in [-0.3, -0.25) is 25.2 Å². The third kappa shape index (κ3) is 4.44. The molecule has 0 radical (unpaired) electrons. The summed E-state index contributed by atoms with van der Waals surface area (Å²) < 4.78 is 5.42. The van der Waals surface area contributed by atoms with Gasteiger partial charge in [0.2, 0.25) is 0 Å². The molecule has 0 aliphatic carbocycles. The number of aryl methyl sites for hydroxylation is 1. The molecule has 0 bridgehead atoms. The number of benzene rings is 1. The van der Waals surface area contributed by atoms with Crippen molar-refractivity contribution < 1.29 is 14.3 Å². The van der Waals surface area contributed by atoms with Crippen molar-refractivity contribution in [2.24, 2.45) is 0 Å². The van der Waals surface area contributed by atoms with Crippen molar-refractivity contribution in [3.05, 3.63) is 64.1 Å². The van der Waals surface area contributed by atoms with Crippen LogP contribution in [0.15, 0.2) is 47.4 Å². The number of para-hydroxylation sites is 1. The van der Waals surface area contributed by atoms with E-state index in [1.807, 2.05) is 25.1 Å². The van der Waals surface area contributed by atoms with Gasteiger partial charge in [0.15, 0.2) is 6.61 Å². The minimum absolute atomic E-state index is 0.0925. The smallest absolute Gasteiger partial charge is 0.276 e. The van der Waals surface area contributed by atoms with Gasteiger partial charge in [0, 0.05) is 6.20 Å². The number of carbonyl (C=O) groups excluding carboxylic acids is 2. The number of H-pyrrole nitrogens is 1. The van der Waals surface area contributed by atoms with Gasteiger partial charge in [-0.25, -0.2) is 0 Å². The lowest BCUT2D eigenvalue weighted by Gasteiger charge is -2.11. The van der Waals surface area contributed by atoms with E-state index in [9.17, 15) is 14.4 Å². The first-order valence-electron chi connectivity index (χ1n) is 7.09. The number of pyridine rings is 1. The lowest BCUT2D eigenvalue weighted by atomic mass is 10.1. The largest absolute Gasteiger partial charge is 0.483 e. The molecule has 0 aliphatic rings. The number of ether oxygens (including phenoxy) is 1. The zero-order chi connectivity index (χ0) is 16.7. The molecule has 0 unspecified atom stereocenters. The summed E-state index contributed by atoms with van der Waals surface area (Å²) in [6, 6.07) is 10.3. The summed E-state index contributed by atoms with van der Waals surface area (Å²) in [5.41, 5.74) is 4.72. The Kier molecular flexibility index (Phi) is 5.51. The number of nitrogens with one attached hydrogen (secondary N) is 3. The number of aromatic amines is 1. The molecule has 0 fully saturated rings. The number of hydrogen-bond acceptors (Lipinski definition) is 4. The van der Waals surface area contributed by atoms with Gasteiger partial charge in [0.1, 0.15) is 11.3 Å². The molecule has 7 nitrogen and oxygen atoms in total. The SMILES string of the molecule is CCc1ccccc1OCC(=O)NNC(=O)c1ccc[nH]c1=O. The number of carbonyl (C=O) groups is 2. The van der Waals surface area contributed by atoms with E-state index < -0.39 is 17.4 Å². The molecule has 2 aromatic rings.